The number of carbonyl (C=O) groups is 1. The minimum atomic E-state index is -0.843. The van der Waals surface area contributed by atoms with Gasteiger partial charge in [-0.1, -0.05) is 44.2 Å². The average Bonchev–Trinajstić information content (AvgIpc) is 2.46. The zero-order valence-corrected chi connectivity index (χ0v) is 11.7. The van der Waals surface area contributed by atoms with Crippen LogP contribution in [0.25, 0.3) is 0 Å². The van der Waals surface area contributed by atoms with E-state index in [2.05, 4.69) is 5.32 Å². The zero-order valence-electron chi connectivity index (χ0n) is 11.7. The smallest absolute Gasteiger partial charge is 0.240 e. The van der Waals surface area contributed by atoms with E-state index in [1.54, 1.807) is 0 Å². The SMILES string of the molecule is CCC(N)(CC)C(=O)N[C@H](CO)Cc1ccccc1. The maximum absolute atomic E-state index is 12.1. The van der Waals surface area contributed by atoms with Crippen LogP contribution in [0.4, 0.5) is 0 Å². The second-order valence-electron chi connectivity index (χ2n) is 4.91. The van der Waals surface area contributed by atoms with Crippen molar-refractivity contribution in [2.75, 3.05) is 6.61 Å². The number of amides is 1. The third kappa shape index (κ3) is 4.33. The maximum atomic E-state index is 12.1. The first kappa shape index (κ1) is 15.7. The van der Waals surface area contributed by atoms with E-state index in [0.717, 1.165) is 5.56 Å². The zero-order chi connectivity index (χ0) is 14.3. The van der Waals surface area contributed by atoms with Gasteiger partial charge in [0, 0.05) is 0 Å². The number of hydrogen-bond acceptors (Lipinski definition) is 3. The van der Waals surface area contributed by atoms with Crippen LogP contribution < -0.4 is 11.1 Å². The lowest BCUT2D eigenvalue weighted by Gasteiger charge is -2.28. The largest absolute Gasteiger partial charge is 0.394 e. The minimum Gasteiger partial charge on any atom is -0.394 e. The highest BCUT2D eigenvalue weighted by Gasteiger charge is 2.31. The molecule has 4 N–H and O–H groups in total. The molecule has 0 saturated heterocycles. The Morgan fingerprint density at radius 2 is 1.89 bits per heavy atom. The molecule has 0 aromatic heterocycles. The highest BCUT2D eigenvalue weighted by atomic mass is 16.3. The molecule has 0 aliphatic carbocycles. The second-order valence-corrected chi connectivity index (χ2v) is 4.91. The van der Waals surface area contributed by atoms with Gasteiger partial charge in [-0.05, 0) is 24.8 Å². The number of carbonyl (C=O) groups excluding carboxylic acids is 1. The summed E-state index contributed by atoms with van der Waals surface area (Å²) in [6, 6.07) is 9.48. The van der Waals surface area contributed by atoms with E-state index in [0.29, 0.717) is 19.3 Å². The van der Waals surface area contributed by atoms with Crippen LogP contribution in [-0.4, -0.2) is 29.2 Å². The third-order valence-electron chi connectivity index (χ3n) is 3.59. The second kappa shape index (κ2) is 7.26. The average molecular weight is 264 g/mol. The van der Waals surface area contributed by atoms with Crippen molar-refractivity contribution in [2.24, 2.45) is 5.73 Å². The molecular formula is C15H24N2O2. The maximum Gasteiger partial charge on any atom is 0.240 e. The van der Waals surface area contributed by atoms with Gasteiger partial charge in [0.25, 0.3) is 0 Å². The van der Waals surface area contributed by atoms with E-state index in [1.165, 1.54) is 0 Å². The van der Waals surface area contributed by atoms with Crippen LogP contribution in [0.5, 0.6) is 0 Å². The van der Waals surface area contributed by atoms with Crippen molar-refractivity contribution in [1.82, 2.24) is 5.32 Å². The van der Waals surface area contributed by atoms with Crippen LogP contribution in [0.3, 0.4) is 0 Å². The van der Waals surface area contributed by atoms with Crippen LogP contribution >= 0.6 is 0 Å². The summed E-state index contributed by atoms with van der Waals surface area (Å²) in [7, 11) is 0. The van der Waals surface area contributed by atoms with Crippen molar-refractivity contribution >= 4 is 5.91 Å². The van der Waals surface area contributed by atoms with Gasteiger partial charge < -0.3 is 16.2 Å². The molecule has 1 aromatic rings. The molecule has 0 unspecified atom stereocenters. The summed E-state index contributed by atoms with van der Waals surface area (Å²) in [5.74, 6) is -0.188. The molecule has 1 amide bonds. The molecule has 0 saturated carbocycles. The topological polar surface area (TPSA) is 75.4 Å². The first-order valence-corrected chi connectivity index (χ1v) is 6.80. The number of aliphatic hydroxyl groups excluding tert-OH is 1. The molecule has 4 nitrogen and oxygen atoms in total. The summed E-state index contributed by atoms with van der Waals surface area (Å²) < 4.78 is 0. The van der Waals surface area contributed by atoms with Crippen molar-refractivity contribution in [1.29, 1.82) is 0 Å². The van der Waals surface area contributed by atoms with Crippen LogP contribution in [-0.2, 0) is 11.2 Å². The fourth-order valence-electron chi connectivity index (χ4n) is 1.96. The van der Waals surface area contributed by atoms with Gasteiger partial charge in [0.15, 0.2) is 0 Å². The van der Waals surface area contributed by atoms with Gasteiger partial charge in [0.05, 0.1) is 18.2 Å². The quantitative estimate of drug-likeness (QED) is 0.693. The van der Waals surface area contributed by atoms with Gasteiger partial charge in [0.1, 0.15) is 0 Å². The van der Waals surface area contributed by atoms with E-state index >= 15 is 0 Å². The monoisotopic (exact) mass is 264 g/mol. The Hall–Kier alpha value is -1.39. The predicted molar refractivity (Wildman–Crippen MR) is 76.7 cm³/mol. The van der Waals surface area contributed by atoms with Gasteiger partial charge in [-0.15, -0.1) is 0 Å². The summed E-state index contributed by atoms with van der Waals surface area (Å²) in [6.07, 6.45) is 1.77. The summed E-state index contributed by atoms with van der Waals surface area (Å²) >= 11 is 0. The highest BCUT2D eigenvalue weighted by molar-refractivity contribution is 5.86. The molecule has 1 aromatic carbocycles. The molecule has 0 aliphatic rings. The minimum absolute atomic E-state index is 0.0931. The number of nitrogens with one attached hydrogen (secondary N) is 1. The molecule has 4 heteroatoms. The Labute approximate surface area is 115 Å². The van der Waals surface area contributed by atoms with Crippen molar-refractivity contribution in [3.05, 3.63) is 35.9 Å². The third-order valence-corrected chi connectivity index (χ3v) is 3.59. The summed E-state index contributed by atoms with van der Waals surface area (Å²) in [5.41, 5.74) is 6.28. The molecule has 0 radical (unpaired) electrons. The van der Waals surface area contributed by atoms with E-state index in [9.17, 15) is 9.90 Å². The van der Waals surface area contributed by atoms with E-state index in [1.807, 2.05) is 44.2 Å². The normalized spacial score (nSPS) is 13.1. The van der Waals surface area contributed by atoms with Crippen molar-refractivity contribution in [3.8, 4) is 0 Å². The number of benzene rings is 1. The summed E-state index contributed by atoms with van der Waals surface area (Å²) in [6.45, 7) is 3.70. The fourth-order valence-corrected chi connectivity index (χ4v) is 1.96. The van der Waals surface area contributed by atoms with Gasteiger partial charge >= 0.3 is 0 Å². The van der Waals surface area contributed by atoms with Crippen LogP contribution in [0.2, 0.25) is 0 Å². The van der Waals surface area contributed by atoms with Crippen molar-refractivity contribution in [2.45, 2.75) is 44.7 Å². The van der Waals surface area contributed by atoms with Crippen molar-refractivity contribution in [3.63, 3.8) is 0 Å². The van der Waals surface area contributed by atoms with Gasteiger partial charge in [-0.25, -0.2) is 0 Å². The van der Waals surface area contributed by atoms with Crippen LogP contribution in [0, 0.1) is 0 Å². The first-order valence-electron chi connectivity index (χ1n) is 6.80. The molecule has 0 spiro atoms. The molecule has 19 heavy (non-hydrogen) atoms. The molecule has 1 rings (SSSR count). The van der Waals surface area contributed by atoms with Crippen molar-refractivity contribution < 1.29 is 9.90 Å². The number of rotatable bonds is 7. The van der Waals surface area contributed by atoms with Gasteiger partial charge in [-0.3, -0.25) is 4.79 Å². The van der Waals surface area contributed by atoms with E-state index in [-0.39, 0.29) is 18.6 Å². The van der Waals surface area contributed by atoms with E-state index in [4.69, 9.17) is 5.73 Å². The molecule has 0 fully saturated rings. The lowest BCUT2D eigenvalue weighted by Crippen LogP contribution is -2.56. The standard InChI is InChI=1S/C15H24N2O2/c1-3-15(16,4-2)14(19)17-13(11-18)10-12-8-6-5-7-9-12/h5-9,13,18H,3-4,10-11,16H2,1-2H3,(H,17,19)/t13-/m0/s1. The predicted octanol–water partition coefficient (Wildman–Crippen LogP) is 1.22. The summed E-state index contributed by atoms with van der Waals surface area (Å²) in [4.78, 5) is 12.1. The number of aliphatic hydroxyl groups is 1. The highest BCUT2D eigenvalue weighted by Crippen LogP contribution is 2.12. The molecule has 0 bridgehead atoms. The number of nitrogens with two attached hydrogens (primary N) is 1. The van der Waals surface area contributed by atoms with Gasteiger partial charge in [0.2, 0.25) is 5.91 Å². The fraction of sp³-hybridized carbons (Fsp3) is 0.533. The molecule has 0 aliphatic heterocycles. The van der Waals surface area contributed by atoms with Gasteiger partial charge in [-0.2, -0.15) is 0 Å². The first-order chi connectivity index (χ1) is 9.05. The summed E-state index contributed by atoms with van der Waals surface area (Å²) in [5, 5.41) is 12.2. The number of hydrogen-bond donors (Lipinski definition) is 3. The molecule has 106 valence electrons. The Kier molecular flexibility index (Phi) is 5.99. The molecular weight excluding hydrogens is 240 g/mol. The van der Waals surface area contributed by atoms with E-state index < -0.39 is 5.54 Å². The Bertz CT molecular complexity index is 388. The molecule has 1 atom stereocenters. The Morgan fingerprint density at radius 3 is 2.37 bits per heavy atom. The van der Waals surface area contributed by atoms with Crippen LogP contribution in [0.1, 0.15) is 32.3 Å². The lowest BCUT2D eigenvalue weighted by molar-refractivity contribution is -0.127. The molecule has 0 heterocycles. The van der Waals surface area contributed by atoms with Crippen LogP contribution in [0.15, 0.2) is 30.3 Å². The Morgan fingerprint density at radius 1 is 1.32 bits per heavy atom. The lowest BCUT2D eigenvalue weighted by atomic mass is 9.92. The Balaban J connectivity index is 2.65.